The van der Waals surface area contributed by atoms with Crippen LogP contribution in [0.4, 0.5) is 11.4 Å². The van der Waals surface area contributed by atoms with E-state index in [1.807, 2.05) is 31.2 Å². The van der Waals surface area contributed by atoms with Crippen molar-refractivity contribution in [1.82, 2.24) is 0 Å². The highest BCUT2D eigenvalue weighted by Gasteiger charge is 2.15. The average Bonchev–Trinajstić information content (AvgIpc) is 3.02. The Hall–Kier alpha value is -2.54. The van der Waals surface area contributed by atoms with Crippen molar-refractivity contribution in [3.05, 3.63) is 40.6 Å². The van der Waals surface area contributed by atoms with Crippen LogP contribution >= 0.6 is 11.3 Å². The average molecular weight is 334 g/mol. The third kappa shape index (κ3) is 4.72. The maximum atomic E-state index is 12.0. The summed E-state index contributed by atoms with van der Waals surface area (Å²) in [6.07, 6.45) is 0. The zero-order valence-electron chi connectivity index (χ0n) is 12.9. The van der Waals surface area contributed by atoms with Crippen molar-refractivity contribution in [2.45, 2.75) is 6.92 Å². The summed E-state index contributed by atoms with van der Waals surface area (Å²) in [5.41, 5.74) is 1.27. The van der Waals surface area contributed by atoms with Gasteiger partial charge in [-0.25, -0.2) is 4.79 Å². The van der Waals surface area contributed by atoms with E-state index in [0.717, 1.165) is 11.4 Å². The molecule has 7 heteroatoms. The smallest absolute Gasteiger partial charge is 0.350 e. The Morgan fingerprint density at radius 2 is 1.91 bits per heavy atom. The fourth-order valence-electron chi connectivity index (χ4n) is 1.87. The van der Waals surface area contributed by atoms with Gasteiger partial charge in [0, 0.05) is 5.69 Å². The van der Waals surface area contributed by atoms with Gasteiger partial charge >= 0.3 is 5.97 Å². The van der Waals surface area contributed by atoms with Crippen molar-refractivity contribution in [3.8, 4) is 5.75 Å². The third-order valence-electron chi connectivity index (χ3n) is 2.93. The molecule has 0 spiro atoms. The molecule has 0 radical (unpaired) electrons. The van der Waals surface area contributed by atoms with E-state index in [-0.39, 0.29) is 12.5 Å². The monoisotopic (exact) mass is 334 g/mol. The van der Waals surface area contributed by atoms with Gasteiger partial charge in [-0.05, 0) is 42.6 Å². The van der Waals surface area contributed by atoms with Crippen LogP contribution in [0.25, 0.3) is 0 Å². The fraction of sp³-hybridized carbons (Fsp3) is 0.250. The zero-order chi connectivity index (χ0) is 16.7. The predicted molar refractivity (Wildman–Crippen MR) is 90.4 cm³/mol. The SMILES string of the molecule is CCOc1ccc(NCC(=O)Nc2ccsc2C(=O)OC)cc1. The summed E-state index contributed by atoms with van der Waals surface area (Å²) in [5, 5.41) is 7.42. The molecule has 1 heterocycles. The summed E-state index contributed by atoms with van der Waals surface area (Å²) in [6, 6.07) is 9.01. The number of amides is 1. The quantitative estimate of drug-likeness (QED) is 0.761. The van der Waals surface area contributed by atoms with Gasteiger partial charge < -0.3 is 20.1 Å². The molecule has 2 aromatic rings. The number of carbonyl (C=O) groups excluding carboxylic acids is 2. The van der Waals surface area contributed by atoms with Crippen LogP contribution in [-0.4, -0.2) is 32.1 Å². The standard InChI is InChI=1S/C16H18N2O4S/c1-3-22-12-6-4-11(5-7-12)17-10-14(19)18-13-8-9-23-15(13)16(20)21-2/h4-9,17H,3,10H2,1-2H3,(H,18,19). The second-order valence-corrected chi connectivity index (χ2v) is 5.43. The largest absolute Gasteiger partial charge is 0.494 e. The first-order valence-electron chi connectivity index (χ1n) is 7.06. The van der Waals surface area contributed by atoms with Crippen LogP contribution in [0.3, 0.4) is 0 Å². The molecule has 2 rings (SSSR count). The first-order chi connectivity index (χ1) is 11.1. The molecule has 0 bridgehead atoms. The van der Waals surface area contributed by atoms with Crippen molar-refractivity contribution in [1.29, 1.82) is 0 Å². The lowest BCUT2D eigenvalue weighted by Crippen LogP contribution is -2.22. The van der Waals surface area contributed by atoms with Gasteiger partial charge in [-0.15, -0.1) is 11.3 Å². The van der Waals surface area contributed by atoms with E-state index in [0.29, 0.717) is 17.2 Å². The van der Waals surface area contributed by atoms with Crippen molar-refractivity contribution < 1.29 is 19.1 Å². The van der Waals surface area contributed by atoms with Crippen LogP contribution in [0, 0.1) is 0 Å². The first kappa shape index (κ1) is 16.8. The maximum Gasteiger partial charge on any atom is 0.350 e. The van der Waals surface area contributed by atoms with E-state index in [1.165, 1.54) is 18.4 Å². The van der Waals surface area contributed by atoms with Gasteiger partial charge in [0.2, 0.25) is 5.91 Å². The highest BCUT2D eigenvalue weighted by molar-refractivity contribution is 7.12. The number of esters is 1. The molecule has 0 atom stereocenters. The van der Waals surface area contributed by atoms with Crippen LogP contribution in [-0.2, 0) is 9.53 Å². The summed E-state index contributed by atoms with van der Waals surface area (Å²) in [6.45, 7) is 2.62. The number of benzene rings is 1. The second kappa shape index (κ2) is 8.19. The van der Waals surface area contributed by atoms with E-state index < -0.39 is 5.97 Å². The van der Waals surface area contributed by atoms with E-state index >= 15 is 0 Å². The van der Waals surface area contributed by atoms with Gasteiger partial charge in [0.05, 0.1) is 25.9 Å². The Balaban J connectivity index is 1.88. The molecule has 0 aliphatic heterocycles. The molecule has 2 N–H and O–H groups in total. The lowest BCUT2D eigenvalue weighted by atomic mass is 10.3. The molecule has 1 amide bonds. The molecule has 122 valence electrons. The van der Waals surface area contributed by atoms with E-state index in [4.69, 9.17) is 4.74 Å². The number of hydrogen-bond acceptors (Lipinski definition) is 6. The Kier molecular flexibility index (Phi) is 5.99. The molecule has 0 saturated heterocycles. The van der Waals surface area contributed by atoms with Crippen LogP contribution < -0.4 is 15.4 Å². The van der Waals surface area contributed by atoms with Crippen molar-refractivity contribution in [2.24, 2.45) is 0 Å². The third-order valence-corrected chi connectivity index (χ3v) is 3.82. The molecule has 23 heavy (non-hydrogen) atoms. The fourth-order valence-corrected chi connectivity index (χ4v) is 2.64. The molecular formula is C16H18N2O4S. The van der Waals surface area contributed by atoms with Gasteiger partial charge in [0.15, 0.2) is 0 Å². The highest BCUT2D eigenvalue weighted by Crippen LogP contribution is 2.23. The van der Waals surface area contributed by atoms with Crippen LogP contribution in [0.15, 0.2) is 35.7 Å². The lowest BCUT2D eigenvalue weighted by Gasteiger charge is -2.09. The Bertz CT molecular complexity index is 667. The number of anilines is 2. The number of rotatable bonds is 7. The number of methoxy groups -OCH3 is 1. The van der Waals surface area contributed by atoms with Gasteiger partial charge in [0.25, 0.3) is 0 Å². The number of ether oxygens (including phenoxy) is 2. The number of hydrogen-bond donors (Lipinski definition) is 2. The molecule has 0 unspecified atom stereocenters. The van der Waals surface area contributed by atoms with Crippen LogP contribution in [0.5, 0.6) is 5.75 Å². The summed E-state index contributed by atoms with van der Waals surface area (Å²) >= 11 is 1.22. The van der Waals surface area contributed by atoms with Gasteiger partial charge in [-0.2, -0.15) is 0 Å². The highest BCUT2D eigenvalue weighted by atomic mass is 32.1. The number of nitrogens with one attached hydrogen (secondary N) is 2. The Labute approximate surface area is 138 Å². The minimum absolute atomic E-state index is 0.0877. The normalized spacial score (nSPS) is 10.0. The summed E-state index contributed by atoms with van der Waals surface area (Å²) in [7, 11) is 1.31. The summed E-state index contributed by atoms with van der Waals surface area (Å²) in [4.78, 5) is 23.9. The molecule has 6 nitrogen and oxygen atoms in total. The number of thiophene rings is 1. The molecule has 0 aliphatic carbocycles. The molecule has 0 aliphatic rings. The lowest BCUT2D eigenvalue weighted by molar-refractivity contribution is -0.114. The Morgan fingerprint density at radius 1 is 1.17 bits per heavy atom. The maximum absolute atomic E-state index is 12.0. The minimum atomic E-state index is -0.463. The molecule has 0 fully saturated rings. The predicted octanol–water partition coefficient (Wildman–Crippen LogP) is 2.98. The van der Waals surface area contributed by atoms with Gasteiger partial charge in [0.1, 0.15) is 10.6 Å². The molecule has 1 aromatic carbocycles. The topological polar surface area (TPSA) is 76.7 Å². The van der Waals surface area contributed by atoms with Crippen molar-refractivity contribution in [2.75, 3.05) is 30.9 Å². The molecular weight excluding hydrogens is 316 g/mol. The van der Waals surface area contributed by atoms with Crippen LogP contribution in [0.1, 0.15) is 16.6 Å². The van der Waals surface area contributed by atoms with Gasteiger partial charge in [-0.3, -0.25) is 4.79 Å². The molecule has 0 saturated carbocycles. The van der Waals surface area contributed by atoms with Gasteiger partial charge in [-0.1, -0.05) is 0 Å². The van der Waals surface area contributed by atoms with Crippen molar-refractivity contribution in [3.63, 3.8) is 0 Å². The van der Waals surface area contributed by atoms with E-state index in [9.17, 15) is 9.59 Å². The first-order valence-corrected chi connectivity index (χ1v) is 7.94. The van der Waals surface area contributed by atoms with E-state index in [1.54, 1.807) is 11.4 Å². The summed E-state index contributed by atoms with van der Waals surface area (Å²) in [5.74, 6) is 0.0701. The summed E-state index contributed by atoms with van der Waals surface area (Å²) < 4.78 is 10.0. The minimum Gasteiger partial charge on any atom is -0.494 e. The second-order valence-electron chi connectivity index (χ2n) is 4.51. The Morgan fingerprint density at radius 3 is 2.57 bits per heavy atom. The van der Waals surface area contributed by atoms with E-state index in [2.05, 4.69) is 15.4 Å². The van der Waals surface area contributed by atoms with Crippen LogP contribution in [0.2, 0.25) is 0 Å². The number of carbonyl (C=O) groups is 2. The van der Waals surface area contributed by atoms with Crippen molar-refractivity contribution >= 4 is 34.6 Å². The molecule has 1 aromatic heterocycles. The zero-order valence-corrected chi connectivity index (χ0v) is 13.7.